The Balaban J connectivity index is 1.17. The third kappa shape index (κ3) is 4.73. The summed E-state index contributed by atoms with van der Waals surface area (Å²) in [6, 6.07) is 80.5. The van der Waals surface area contributed by atoms with E-state index in [4.69, 9.17) is 4.42 Å². The maximum absolute atomic E-state index is 6.41. The van der Waals surface area contributed by atoms with Crippen LogP contribution in [0.3, 0.4) is 0 Å². The normalized spacial score (nSPS) is 12.1. The van der Waals surface area contributed by atoms with Crippen molar-refractivity contribution in [1.82, 2.24) is 9.13 Å². The lowest BCUT2D eigenvalue weighted by Gasteiger charge is -2.35. The first-order valence-corrected chi connectivity index (χ1v) is 21.9. The highest BCUT2D eigenvalue weighted by Crippen LogP contribution is 2.38. The Morgan fingerprint density at radius 3 is 1.47 bits per heavy atom. The molecule has 3 aromatic heterocycles. The van der Waals surface area contributed by atoms with Gasteiger partial charge in [0.25, 0.3) is 0 Å². The molecule has 272 valence electrons. The Labute approximate surface area is 336 Å². The summed E-state index contributed by atoms with van der Waals surface area (Å²) in [5, 5.41) is 12.5. The van der Waals surface area contributed by atoms with Crippen LogP contribution in [0.4, 0.5) is 0 Å². The molecule has 0 fully saturated rings. The largest absolute Gasteiger partial charge is 0.456 e. The number of benzene rings is 9. The van der Waals surface area contributed by atoms with Crippen LogP contribution in [-0.4, -0.2) is 17.2 Å². The molecule has 0 aliphatic carbocycles. The van der Waals surface area contributed by atoms with Gasteiger partial charge in [0.15, 0.2) is 8.07 Å². The molecular weight excluding hydrogens is 721 g/mol. The van der Waals surface area contributed by atoms with Crippen molar-refractivity contribution in [3.8, 4) is 11.4 Å². The molecule has 0 spiro atoms. The standard InChI is InChI=1S/C54H36N2OSi/c1-4-17-37(18-5-1)55-49-28-13-10-25-43(49)46-34-42(31-32-51(46)55)58(39-20-6-2-7-21-39,40-22-8-3-9-23-40)41-24-16-19-38(33-41)56-50-29-14-11-26-44(50)47-36-54-48(35-52(47)56)45-27-12-15-30-53(45)57-54/h1-36H. The lowest BCUT2D eigenvalue weighted by Crippen LogP contribution is -2.74. The fraction of sp³-hybridized carbons (Fsp3) is 0. The van der Waals surface area contributed by atoms with Gasteiger partial charge in [-0.15, -0.1) is 0 Å². The number of fused-ring (bicyclic) bond motifs is 9. The Morgan fingerprint density at radius 2 is 0.776 bits per heavy atom. The van der Waals surface area contributed by atoms with Gasteiger partial charge in [-0.2, -0.15) is 0 Å². The van der Waals surface area contributed by atoms with Gasteiger partial charge in [-0.25, -0.2) is 0 Å². The minimum Gasteiger partial charge on any atom is -0.456 e. The average Bonchev–Trinajstić information content (AvgIpc) is 3.94. The van der Waals surface area contributed by atoms with E-state index in [1.54, 1.807) is 0 Å². The second kappa shape index (κ2) is 12.8. The van der Waals surface area contributed by atoms with Crippen LogP contribution in [0.1, 0.15) is 0 Å². The van der Waals surface area contributed by atoms with E-state index in [1.807, 2.05) is 6.07 Å². The van der Waals surface area contributed by atoms with E-state index >= 15 is 0 Å². The first-order valence-electron chi connectivity index (χ1n) is 19.9. The highest BCUT2D eigenvalue weighted by molar-refractivity contribution is 7.20. The molecule has 0 amide bonds. The van der Waals surface area contributed by atoms with E-state index in [9.17, 15) is 0 Å². The molecule has 0 N–H and O–H groups in total. The van der Waals surface area contributed by atoms with Crippen molar-refractivity contribution in [2.24, 2.45) is 0 Å². The zero-order valence-electron chi connectivity index (χ0n) is 31.6. The SMILES string of the molecule is c1ccc(-n2c3ccccc3c3cc([Si](c4ccccc4)(c4ccccc4)c4cccc(-n5c6ccccc6c6cc7oc8ccccc8c7cc65)c4)ccc32)cc1. The van der Waals surface area contributed by atoms with Crippen molar-refractivity contribution in [3.63, 3.8) is 0 Å². The molecule has 0 saturated carbocycles. The highest BCUT2D eigenvalue weighted by atomic mass is 28.3. The van der Waals surface area contributed by atoms with E-state index in [0.717, 1.165) is 33.3 Å². The molecule has 0 unspecified atom stereocenters. The monoisotopic (exact) mass is 756 g/mol. The fourth-order valence-electron chi connectivity index (χ4n) is 9.78. The Kier molecular flexibility index (Phi) is 7.25. The maximum Gasteiger partial charge on any atom is 0.179 e. The number of furan rings is 1. The first kappa shape index (κ1) is 32.8. The molecule has 12 aromatic rings. The van der Waals surface area contributed by atoms with Gasteiger partial charge in [0.1, 0.15) is 11.2 Å². The molecule has 0 aliphatic heterocycles. The van der Waals surface area contributed by atoms with Crippen LogP contribution in [0.15, 0.2) is 223 Å². The van der Waals surface area contributed by atoms with Crippen molar-refractivity contribution in [2.45, 2.75) is 0 Å². The number of nitrogens with zero attached hydrogens (tertiary/aromatic N) is 2. The molecule has 0 aliphatic rings. The Hall–Kier alpha value is -7.40. The van der Waals surface area contributed by atoms with Crippen LogP contribution in [0.5, 0.6) is 0 Å². The van der Waals surface area contributed by atoms with Gasteiger partial charge in [0, 0.05) is 43.7 Å². The molecule has 4 heteroatoms. The molecule has 58 heavy (non-hydrogen) atoms. The molecule has 0 saturated heterocycles. The van der Waals surface area contributed by atoms with Crippen LogP contribution < -0.4 is 20.7 Å². The van der Waals surface area contributed by atoms with E-state index in [2.05, 4.69) is 221 Å². The third-order valence-electron chi connectivity index (χ3n) is 12.2. The summed E-state index contributed by atoms with van der Waals surface area (Å²) in [6.07, 6.45) is 0. The summed E-state index contributed by atoms with van der Waals surface area (Å²) >= 11 is 0. The first-order chi connectivity index (χ1) is 28.8. The lowest BCUT2D eigenvalue weighted by atomic mass is 10.1. The van der Waals surface area contributed by atoms with Crippen LogP contribution in [0.2, 0.25) is 0 Å². The summed E-state index contributed by atoms with van der Waals surface area (Å²) in [5.74, 6) is 0. The van der Waals surface area contributed by atoms with E-state index in [0.29, 0.717) is 0 Å². The van der Waals surface area contributed by atoms with Gasteiger partial charge >= 0.3 is 0 Å². The quantitative estimate of drug-likeness (QED) is 0.122. The smallest absolute Gasteiger partial charge is 0.179 e. The van der Waals surface area contributed by atoms with Crippen LogP contribution >= 0.6 is 0 Å². The summed E-state index contributed by atoms with van der Waals surface area (Å²) in [6.45, 7) is 0. The zero-order valence-corrected chi connectivity index (χ0v) is 32.6. The average molecular weight is 757 g/mol. The lowest BCUT2D eigenvalue weighted by molar-refractivity contribution is 0.669. The Morgan fingerprint density at radius 1 is 0.276 bits per heavy atom. The van der Waals surface area contributed by atoms with E-state index < -0.39 is 8.07 Å². The molecule has 0 atom stereocenters. The number of para-hydroxylation sites is 4. The highest BCUT2D eigenvalue weighted by Gasteiger charge is 2.42. The topological polar surface area (TPSA) is 23.0 Å². The maximum atomic E-state index is 6.41. The van der Waals surface area contributed by atoms with Gasteiger partial charge in [-0.05, 0) is 81.4 Å². The summed E-state index contributed by atoms with van der Waals surface area (Å²) in [7, 11) is -2.96. The molecule has 3 nitrogen and oxygen atoms in total. The van der Waals surface area contributed by atoms with Crippen molar-refractivity contribution in [2.75, 3.05) is 0 Å². The van der Waals surface area contributed by atoms with Crippen LogP contribution in [0.25, 0.3) is 76.9 Å². The third-order valence-corrected chi connectivity index (χ3v) is 17.0. The summed E-state index contributed by atoms with van der Waals surface area (Å²) in [4.78, 5) is 0. The van der Waals surface area contributed by atoms with Gasteiger partial charge in [0.2, 0.25) is 0 Å². The number of aromatic nitrogens is 2. The number of hydrogen-bond donors (Lipinski definition) is 0. The molecule has 0 radical (unpaired) electrons. The molecule has 9 aromatic carbocycles. The fourth-order valence-corrected chi connectivity index (χ4v) is 14.6. The van der Waals surface area contributed by atoms with Crippen LogP contribution in [0, 0.1) is 0 Å². The van der Waals surface area contributed by atoms with E-state index in [-0.39, 0.29) is 0 Å². The van der Waals surface area contributed by atoms with Gasteiger partial charge in [0.05, 0.1) is 22.1 Å². The van der Waals surface area contributed by atoms with Crippen LogP contribution in [-0.2, 0) is 0 Å². The van der Waals surface area contributed by atoms with E-state index in [1.165, 1.54) is 64.4 Å². The summed E-state index contributed by atoms with van der Waals surface area (Å²) < 4.78 is 11.3. The number of rotatable bonds is 6. The predicted octanol–water partition coefficient (Wildman–Crippen LogP) is 11.2. The molecule has 3 heterocycles. The van der Waals surface area contributed by atoms with Gasteiger partial charge in [-0.1, -0.05) is 158 Å². The molecule has 0 bridgehead atoms. The zero-order chi connectivity index (χ0) is 38.2. The minimum atomic E-state index is -2.96. The van der Waals surface area contributed by atoms with Crippen molar-refractivity contribution >= 4 is 94.4 Å². The van der Waals surface area contributed by atoms with Crippen molar-refractivity contribution in [1.29, 1.82) is 0 Å². The van der Waals surface area contributed by atoms with Crippen molar-refractivity contribution < 1.29 is 4.42 Å². The van der Waals surface area contributed by atoms with Gasteiger partial charge in [-0.3, -0.25) is 0 Å². The molecule has 12 rings (SSSR count). The van der Waals surface area contributed by atoms with Crippen molar-refractivity contribution in [3.05, 3.63) is 218 Å². The molecular formula is C54H36N2OSi. The Bertz CT molecular complexity index is 3470. The minimum absolute atomic E-state index is 0.911. The van der Waals surface area contributed by atoms with Gasteiger partial charge < -0.3 is 13.6 Å². The number of hydrogen-bond acceptors (Lipinski definition) is 1. The summed E-state index contributed by atoms with van der Waals surface area (Å²) in [5.41, 5.74) is 8.88. The second-order valence-electron chi connectivity index (χ2n) is 15.3. The predicted molar refractivity (Wildman–Crippen MR) is 246 cm³/mol. The second-order valence-corrected chi connectivity index (χ2v) is 19.1.